The molecule has 1 aromatic heterocycles. The molecule has 1 unspecified atom stereocenters. The molecule has 1 amide bonds. The lowest BCUT2D eigenvalue weighted by Crippen LogP contribution is -2.29. The van der Waals surface area contributed by atoms with E-state index in [1.165, 1.54) is 11.2 Å². The Labute approximate surface area is 175 Å². The quantitative estimate of drug-likeness (QED) is 0.380. The van der Waals surface area contributed by atoms with Crippen LogP contribution in [0.1, 0.15) is 41.0 Å². The third kappa shape index (κ3) is 3.43. The molecule has 0 saturated carbocycles. The van der Waals surface area contributed by atoms with Gasteiger partial charge in [-0.3, -0.25) is 9.59 Å². The molecule has 1 aliphatic rings. The largest absolute Gasteiger partial charge is 0.507 e. The molecule has 2 heterocycles. The third-order valence-corrected chi connectivity index (χ3v) is 5.56. The van der Waals surface area contributed by atoms with Gasteiger partial charge in [0.05, 0.1) is 24.4 Å². The molecule has 4 rings (SSSR count). The Morgan fingerprint density at radius 3 is 2.40 bits per heavy atom. The number of carbonyl (C=O) groups is 2. The number of aryl methyl sites for hydroxylation is 2. The number of hydrogen-bond acceptors (Lipinski definition) is 4. The van der Waals surface area contributed by atoms with Crippen LogP contribution in [0, 0.1) is 6.92 Å². The topological polar surface area (TPSA) is 70.8 Å². The van der Waals surface area contributed by atoms with Crippen molar-refractivity contribution in [3.05, 3.63) is 101 Å². The highest BCUT2D eigenvalue weighted by Crippen LogP contribution is 2.41. The molecule has 5 heteroatoms. The van der Waals surface area contributed by atoms with Crippen LogP contribution in [-0.2, 0) is 22.6 Å². The summed E-state index contributed by atoms with van der Waals surface area (Å²) in [7, 11) is 0. The summed E-state index contributed by atoms with van der Waals surface area (Å²) >= 11 is 0. The average Bonchev–Trinajstić information content (AvgIpc) is 3.36. The second kappa shape index (κ2) is 8.03. The summed E-state index contributed by atoms with van der Waals surface area (Å²) in [5, 5.41) is 11.1. The number of Topliss-reactive ketones (excluding diaryl/α,β-unsaturated/α-hetero) is 1. The predicted octanol–water partition coefficient (Wildman–Crippen LogP) is 4.77. The van der Waals surface area contributed by atoms with Gasteiger partial charge in [0.25, 0.3) is 11.7 Å². The second-order valence-electron chi connectivity index (χ2n) is 7.41. The van der Waals surface area contributed by atoms with Crippen molar-refractivity contribution in [3.63, 3.8) is 0 Å². The lowest BCUT2D eigenvalue weighted by Gasteiger charge is -2.25. The van der Waals surface area contributed by atoms with Gasteiger partial charge in [-0.05, 0) is 42.2 Å². The van der Waals surface area contributed by atoms with Gasteiger partial charge in [-0.25, -0.2) is 0 Å². The molecule has 152 valence electrons. The Kier molecular flexibility index (Phi) is 5.27. The number of aliphatic hydroxyl groups excluding tert-OH is 1. The number of aliphatic hydroxyl groups is 1. The number of nitrogens with zero attached hydrogens (tertiary/aromatic N) is 1. The van der Waals surface area contributed by atoms with Crippen molar-refractivity contribution in [2.75, 3.05) is 0 Å². The van der Waals surface area contributed by atoms with Gasteiger partial charge < -0.3 is 14.4 Å². The number of ketones is 1. The summed E-state index contributed by atoms with van der Waals surface area (Å²) in [5.41, 5.74) is 3.48. The van der Waals surface area contributed by atoms with Crippen LogP contribution in [0.15, 0.2) is 76.9 Å². The molecular weight excluding hydrogens is 378 g/mol. The van der Waals surface area contributed by atoms with E-state index in [1.807, 2.05) is 50.2 Å². The fourth-order valence-electron chi connectivity index (χ4n) is 3.88. The maximum absolute atomic E-state index is 13.0. The van der Waals surface area contributed by atoms with Crippen molar-refractivity contribution in [1.29, 1.82) is 0 Å². The first-order chi connectivity index (χ1) is 14.5. The molecule has 1 atom stereocenters. The number of amides is 1. The molecule has 30 heavy (non-hydrogen) atoms. The van der Waals surface area contributed by atoms with E-state index in [0.717, 1.165) is 23.1 Å². The molecule has 2 aromatic carbocycles. The van der Waals surface area contributed by atoms with Crippen molar-refractivity contribution in [1.82, 2.24) is 4.90 Å². The van der Waals surface area contributed by atoms with E-state index >= 15 is 0 Å². The van der Waals surface area contributed by atoms with E-state index in [0.29, 0.717) is 11.3 Å². The zero-order valence-electron chi connectivity index (χ0n) is 17.0. The zero-order chi connectivity index (χ0) is 21.3. The molecule has 3 aromatic rings. The van der Waals surface area contributed by atoms with Crippen LogP contribution >= 0.6 is 0 Å². The molecule has 0 aliphatic carbocycles. The van der Waals surface area contributed by atoms with Gasteiger partial charge in [0.2, 0.25) is 0 Å². The van der Waals surface area contributed by atoms with Crippen LogP contribution in [0.2, 0.25) is 0 Å². The van der Waals surface area contributed by atoms with Gasteiger partial charge in [0, 0.05) is 5.56 Å². The second-order valence-corrected chi connectivity index (χ2v) is 7.41. The highest BCUT2D eigenvalue weighted by atomic mass is 16.3. The summed E-state index contributed by atoms with van der Waals surface area (Å²) < 4.78 is 5.42. The maximum atomic E-state index is 13.0. The van der Waals surface area contributed by atoms with E-state index in [4.69, 9.17) is 4.42 Å². The highest BCUT2D eigenvalue weighted by Gasteiger charge is 2.46. The molecule has 0 radical (unpaired) electrons. The Morgan fingerprint density at radius 1 is 1.03 bits per heavy atom. The number of hydrogen-bond donors (Lipinski definition) is 1. The summed E-state index contributed by atoms with van der Waals surface area (Å²) in [4.78, 5) is 27.5. The molecule has 5 nitrogen and oxygen atoms in total. The van der Waals surface area contributed by atoms with Gasteiger partial charge in [-0.15, -0.1) is 0 Å². The zero-order valence-corrected chi connectivity index (χ0v) is 17.0. The van der Waals surface area contributed by atoms with Crippen LogP contribution < -0.4 is 0 Å². The summed E-state index contributed by atoms with van der Waals surface area (Å²) in [5.74, 6) is -0.924. The first kappa shape index (κ1) is 19.7. The minimum atomic E-state index is -0.692. The predicted molar refractivity (Wildman–Crippen MR) is 114 cm³/mol. The van der Waals surface area contributed by atoms with E-state index in [9.17, 15) is 14.7 Å². The lowest BCUT2D eigenvalue weighted by atomic mass is 9.92. The van der Waals surface area contributed by atoms with Crippen LogP contribution in [-0.4, -0.2) is 21.7 Å². The van der Waals surface area contributed by atoms with Crippen molar-refractivity contribution in [2.45, 2.75) is 32.9 Å². The van der Waals surface area contributed by atoms with Crippen molar-refractivity contribution in [3.8, 4) is 0 Å². The standard InChI is InChI=1S/C25H23NO4/c1-3-17-10-12-18(13-11-17)23(27)21-22(20-9-5-4-7-16(20)2)26(25(29)24(21)28)15-19-8-6-14-30-19/h4-14,22,27H,3,15H2,1-2H3/b23-21-. The monoisotopic (exact) mass is 401 g/mol. The first-order valence-electron chi connectivity index (χ1n) is 9.97. The third-order valence-electron chi connectivity index (χ3n) is 5.56. The summed E-state index contributed by atoms with van der Waals surface area (Å²) in [6, 6.07) is 17.8. The first-order valence-corrected chi connectivity index (χ1v) is 9.97. The molecule has 0 bridgehead atoms. The van der Waals surface area contributed by atoms with E-state index in [-0.39, 0.29) is 17.9 Å². The number of benzene rings is 2. The summed E-state index contributed by atoms with van der Waals surface area (Å²) in [6.45, 7) is 4.12. The van der Waals surface area contributed by atoms with Gasteiger partial charge >= 0.3 is 0 Å². The number of rotatable bonds is 5. The molecule has 1 aliphatic heterocycles. The fourth-order valence-corrected chi connectivity index (χ4v) is 3.88. The molecular formula is C25H23NO4. The van der Waals surface area contributed by atoms with Crippen molar-refractivity contribution >= 4 is 17.4 Å². The van der Waals surface area contributed by atoms with Crippen LogP contribution in [0.4, 0.5) is 0 Å². The number of furan rings is 1. The fraction of sp³-hybridized carbons (Fsp3) is 0.200. The molecule has 0 spiro atoms. The molecule has 1 fully saturated rings. The van der Waals surface area contributed by atoms with Gasteiger partial charge in [0.15, 0.2) is 0 Å². The van der Waals surface area contributed by atoms with E-state index < -0.39 is 17.7 Å². The normalized spacial score (nSPS) is 18.2. The van der Waals surface area contributed by atoms with Gasteiger partial charge in [-0.1, -0.05) is 55.5 Å². The van der Waals surface area contributed by atoms with Crippen LogP contribution in [0.5, 0.6) is 0 Å². The molecule has 1 saturated heterocycles. The lowest BCUT2D eigenvalue weighted by molar-refractivity contribution is -0.140. The van der Waals surface area contributed by atoms with Gasteiger partial charge in [-0.2, -0.15) is 0 Å². The Morgan fingerprint density at radius 2 is 1.77 bits per heavy atom. The minimum absolute atomic E-state index is 0.102. The summed E-state index contributed by atoms with van der Waals surface area (Å²) in [6.07, 6.45) is 2.40. The Balaban J connectivity index is 1.87. The van der Waals surface area contributed by atoms with Gasteiger partial charge in [0.1, 0.15) is 11.5 Å². The SMILES string of the molecule is CCc1ccc(/C(O)=C2/C(=O)C(=O)N(Cc3ccco3)C2c2ccccc2C)cc1. The maximum Gasteiger partial charge on any atom is 0.296 e. The highest BCUT2D eigenvalue weighted by molar-refractivity contribution is 6.46. The van der Waals surface area contributed by atoms with Crippen molar-refractivity contribution < 1.29 is 19.1 Å². The number of carbonyl (C=O) groups excluding carboxylic acids is 2. The van der Waals surface area contributed by atoms with E-state index in [2.05, 4.69) is 0 Å². The minimum Gasteiger partial charge on any atom is -0.507 e. The van der Waals surface area contributed by atoms with Crippen LogP contribution in [0.25, 0.3) is 5.76 Å². The Bertz CT molecular complexity index is 1110. The molecule has 1 N–H and O–H groups in total. The smallest absolute Gasteiger partial charge is 0.296 e. The van der Waals surface area contributed by atoms with E-state index in [1.54, 1.807) is 24.3 Å². The Hall–Kier alpha value is -3.60. The van der Waals surface area contributed by atoms with Crippen LogP contribution in [0.3, 0.4) is 0 Å². The number of likely N-dealkylation sites (tertiary alicyclic amines) is 1. The average molecular weight is 401 g/mol. The van der Waals surface area contributed by atoms with Crippen molar-refractivity contribution in [2.24, 2.45) is 0 Å².